The van der Waals surface area contributed by atoms with E-state index in [1.54, 1.807) is 0 Å². The van der Waals surface area contributed by atoms with Crippen LogP contribution in [0.15, 0.2) is 4.99 Å². The quantitative estimate of drug-likeness (QED) is 0.665. The molecule has 2 heterocycles. The van der Waals surface area contributed by atoms with Crippen molar-refractivity contribution < 1.29 is 14.3 Å². The van der Waals surface area contributed by atoms with Crippen molar-refractivity contribution in [2.75, 3.05) is 13.1 Å². The molecule has 2 fully saturated rings. The van der Waals surface area contributed by atoms with Gasteiger partial charge in [-0.15, -0.1) is 12.6 Å². The molecule has 0 spiro atoms. The Morgan fingerprint density at radius 1 is 1.19 bits per heavy atom. The van der Waals surface area contributed by atoms with Gasteiger partial charge in [0.15, 0.2) is 11.3 Å². The van der Waals surface area contributed by atoms with Crippen molar-refractivity contribution in [1.82, 2.24) is 4.90 Å². The molecule has 27 heavy (non-hydrogen) atoms. The standard InChI is InChI=1S/C21H36N2O3S/c1-19(2,3)26-18(24)23-13-11-21(12-14-23,15-9-7-6-8-10-15)16-22-20(4,5)17(27)25-16/h15,17,27H,6-14H2,1-5H3. The molecule has 0 radical (unpaired) electrons. The summed E-state index contributed by atoms with van der Waals surface area (Å²) in [6, 6.07) is 0. The highest BCUT2D eigenvalue weighted by Crippen LogP contribution is 2.50. The van der Waals surface area contributed by atoms with Gasteiger partial charge in [0.1, 0.15) is 11.1 Å². The number of likely N-dealkylation sites (tertiary alicyclic amines) is 1. The highest BCUT2D eigenvalue weighted by atomic mass is 32.1. The van der Waals surface area contributed by atoms with E-state index in [2.05, 4.69) is 26.5 Å². The van der Waals surface area contributed by atoms with Gasteiger partial charge in [-0.3, -0.25) is 0 Å². The largest absolute Gasteiger partial charge is 0.464 e. The van der Waals surface area contributed by atoms with Crippen molar-refractivity contribution in [2.24, 2.45) is 16.3 Å². The second-order valence-electron chi connectivity index (χ2n) is 10.00. The Morgan fingerprint density at radius 2 is 1.78 bits per heavy atom. The summed E-state index contributed by atoms with van der Waals surface area (Å²) < 4.78 is 11.8. The minimum Gasteiger partial charge on any atom is -0.464 e. The molecule has 3 rings (SSSR count). The molecule has 0 aromatic heterocycles. The van der Waals surface area contributed by atoms with Crippen LogP contribution < -0.4 is 0 Å². The lowest BCUT2D eigenvalue weighted by Crippen LogP contribution is -2.51. The first-order chi connectivity index (χ1) is 12.5. The number of aliphatic imine (C=N–C) groups is 1. The number of amides is 1. The van der Waals surface area contributed by atoms with E-state index in [4.69, 9.17) is 14.5 Å². The molecule has 1 aliphatic carbocycles. The van der Waals surface area contributed by atoms with Crippen LogP contribution in [0.5, 0.6) is 0 Å². The van der Waals surface area contributed by atoms with Gasteiger partial charge in [0, 0.05) is 13.1 Å². The number of ether oxygens (including phenoxy) is 2. The lowest BCUT2D eigenvalue weighted by molar-refractivity contribution is 0.00532. The average molecular weight is 397 g/mol. The third kappa shape index (κ3) is 4.41. The third-order valence-corrected chi connectivity index (χ3v) is 7.07. The maximum Gasteiger partial charge on any atom is 0.410 e. The fraction of sp³-hybridized carbons (Fsp3) is 0.905. The molecule has 154 valence electrons. The van der Waals surface area contributed by atoms with E-state index >= 15 is 0 Å². The van der Waals surface area contributed by atoms with Gasteiger partial charge < -0.3 is 14.4 Å². The first-order valence-electron chi connectivity index (χ1n) is 10.5. The molecule has 1 saturated carbocycles. The molecule has 3 aliphatic rings. The van der Waals surface area contributed by atoms with Gasteiger partial charge in [-0.2, -0.15) is 0 Å². The number of rotatable bonds is 2. The zero-order valence-electron chi connectivity index (χ0n) is 17.6. The van der Waals surface area contributed by atoms with Gasteiger partial charge in [0.05, 0.1) is 5.41 Å². The number of carbonyl (C=O) groups excluding carboxylic acids is 1. The van der Waals surface area contributed by atoms with E-state index in [9.17, 15) is 4.79 Å². The summed E-state index contributed by atoms with van der Waals surface area (Å²) in [5.74, 6) is 1.48. The summed E-state index contributed by atoms with van der Waals surface area (Å²) in [5, 5.41) is 0. The average Bonchev–Trinajstić information content (AvgIpc) is 2.88. The highest BCUT2D eigenvalue weighted by Gasteiger charge is 2.52. The van der Waals surface area contributed by atoms with Crippen molar-refractivity contribution in [1.29, 1.82) is 0 Å². The first-order valence-corrected chi connectivity index (χ1v) is 11.0. The molecule has 2 aliphatic heterocycles. The van der Waals surface area contributed by atoms with Gasteiger partial charge in [-0.05, 0) is 66.2 Å². The van der Waals surface area contributed by atoms with Crippen molar-refractivity contribution in [3.05, 3.63) is 0 Å². The van der Waals surface area contributed by atoms with Crippen LogP contribution in [0, 0.1) is 11.3 Å². The fourth-order valence-electron chi connectivity index (χ4n) is 4.69. The maximum atomic E-state index is 12.5. The summed E-state index contributed by atoms with van der Waals surface area (Å²) in [6.45, 7) is 11.3. The minimum atomic E-state index is -0.461. The van der Waals surface area contributed by atoms with Crippen molar-refractivity contribution in [3.8, 4) is 0 Å². The molecule has 1 unspecified atom stereocenters. The summed E-state index contributed by atoms with van der Waals surface area (Å²) in [5.41, 5.74) is -1.02. The molecule has 5 nitrogen and oxygen atoms in total. The number of hydrogen-bond acceptors (Lipinski definition) is 5. The van der Waals surface area contributed by atoms with Crippen LogP contribution in [0.3, 0.4) is 0 Å². The number of thiol groups is 1. The van der Waals surface area contributed by atoms with Crippen LogP contribution in [-0.4, -0.2) is 46.6 Å². The molecule has 6 heteroatoms. The van der Waals surface area contributed by atoms with E-state index in [1.807, 2.05) is 25.7 Å². The zero-order chi connectivity index (χ0) is 19.9. The van der Waals surface area contributed by atoms with Gasteiger partial charge in [0.25, 0.3) is 0 Å². The molecule has 1 saturated heterocycles. The van der Waals surface area contributed by atoms with Crippen molar-refractivity contribution in [2.45, 2.75) is 96.1 Å². The van der Waals surface area contributed by atoms with Crippen LogP contribution in [0.25, 0.3) is 0 Å². The SMILES string of the molecule is CC(C)(C)OC(=O)N1CCC(C2=NC(C)(C)C(S)O2)(C2CCCCC2)CC1. The summed E-state index contributed by atoms with van der Waals surface area (Å²) in [7, 11) is 0. The maximum absolute atomic E-state index is 12.5. The van der Waals surface area contributed by atoms with E-state index < -0.39 is 5.60 Å². The summed E-state index contributed by atoms with van der Waals surface area (Å²) in [6.07, 6.45) is 7.93. The van der Waals surface area contributed by atoms with Crippen molar-refractivity contribution in [3.63, 3.8) is 0 Å². The van der Waals surface area contributed by atoms with Gasteiger partial charge in [-0.1, -0.05) is 19.3 Å². The molecule has 0 aromatic rings. The molecule has 1 amide bonds. The number of nitrogens with zero attached hydrogens (tertiary/aromatic N) is 2. The molecule has 1 atom stereocenters. The Labute approximate surface area is 169 Å². The zero-order valence-corrected chi connectivity index (χ0v) is 18.5. The van der Waals surface area contributed by atoms with Gasteiger partial charge >= 0.3 is 6.09 Å². The van der Waals surface area contributed by atoms with E-state index in [-0.39, 0.29) is 22.5 Å². The summed E-state index contributed by atoms with van der Waals surface area (Å²) in [4.78, 5) is 19.3. The second kappa shape index (κ2) is 7.49. The molecule has 0 aromatic carbocycles. The monoisotopic (exact) mass is 396 g/mol. The number of piperidine rings is 1. The first kappa shape index (κ1) is 20.8. The van der Waals surface area contributed by atoms with Crippen LogP contribution in [0.1, 0.15) is 79.6 Å². The lowest BCUT2D eigenvalue weighted by atomic mass is 9.63. The Morgan fingerprint density at radius 3 is 2.26 bits per heavy atom. The van der Waals surface area contributed by atoms with E-state index in [0.29, 0.717) is 19.0 Å². The summed E-state index contributed by atoms with van der Waals surface area (Å²) >= 11 is 4.63. The van der Waals surface area contributed by atoms with Crippen LogP contribution in [0.4, 0.5) is 4.79 Å². The fourth-order valence-corrected chi connectivity index (χ4v) is 4.85. The highest BCUT2D eigenvalue weighted by molar-refractivity contribution is 7.80. The van der Waals surface area contributed by atoms with Gasteiger partial charge in [0.2, 0.25) is 0 Å². The Hall–Kier alpha value is -0.910. The van der Waals surface area contributed by atoms with Crippen molar-refractivity contribution >= 4 is 24.6 Å². The smallest absolute Gasteiger partial charge is 0.410 e. The van der Waals surface area contributed by atoms with E-state index in [1.165, 1.54) is 32.1 Å². The Kier molecular flexibility index (Phi) is 5.77. The Balaban J connectivity index is 1.79. The molecule has 0 N–H and O–H groups in total. The van der Waals surface area contributed by atoms with E-state index in [0.717, 1.165) is 18.7 Å². The predicted octanol–water partition coefficient (Wildman–Crippen LogP) is 5.05. The number of hydrogen-bond donors (Lipinski definition) is 1. The number of carbonyl (C=O) groups is 1. The molecule has 0 bridgehead atoms. The topological polar surface area (TPSA) is 51.1 Å². The minimum absolute atomic E-state index is 0.0618. The van der Waals surface area contributed by atoms with Crippen LogP contribution in [0.2, 0.25) is 0 Å². The third-order valence-electron chi connectivity index (χ3n) is 6.34. The van der Waals surface area contributed by atoms with Crippen LogP contribution in [-0.2, 0) is 9.47 Å². The second-order valence-corrected chi connectivity index (χ2v) is 10.5. The van der Waals surface area contributed by atoms with Crippen LogP contribution >= 0.6 is 12.6 Å². The van der Waals surface area contributed by atoms with Gasteiger partial charge in [-0.25, -0.2) is 9.79 Å². The Bertz CT molecular complexity index is 583. The normalized spacial score (nSPS) is 28.4. The molecular formula is C21H36N2O3S. The predicted molar refractivity (Wildman–Crippen MR) is 111 cm³/mol. The molecular weight excluding hydrogens is 360 g/mol. The lowest BCUT2D eigenvalue weighted by Gasteiger charge is -2.47.